The summed E-state index contributed by atoms with van der Waals surface area (Å²) in [5, 5.41) is 0. The van der Waals surface area contributed by atoms with E-state index in [1.807, 2.05) is 18.2 Å². The molecule has 0 saturated carbocycles. The Labute approximate surface area is 114 Å². The van der Waals surface area contributed by atoms with Crippen molar-refractivity contribution in [2.24, 2.45) is 5.73 Å². The first kappa shape index (κ1) is 12.2. The number of ether oxygens (including phenoxy) is 1. The summed E-state index contributed by atoms with van der Waals surface area (Å²) in [7, 11) is 0. The number of hydrogen-bond acceptors (Lipinski definition) is 2. The molecule has 19 heavy (non-hydrogen) atoms. The molecule has 1 aliphatic heterocycles. The van der Waals surface area contributed by atoms with Crippen molar-refractivity contribution in [3.8, 4) is 5.75 Å². The molecule has 0 aliphatic carbocycles. The fourth-order valence-electron chi connectivity index (χ4n) is 2.61. The highest BCUT2D eigenvalue weighted by Crippen LogP contribution is 2.37. The molecule has 1 heterocycles. The van der Waals surface area contributed by atoms with Crippen molar-refractivity contribution < 1.29 is 4.74 Å². The smallest absolute Gasteiger partial charge is 0.125 e. The fraction of sp³-hybridized carbons (Fsp3) is 0.294. The van der Waals surface area contributed by atoms with E-state index in [2.05, 4.69) is 37.3 Å². The molecule has 2 aromatic rings. The van der Waals surface area contributed by atoms with Crippen LogP contribution in [-0.2, 0) is 0 Å². The highest BCUT2D eigenvalue weighted by Gasteiger charge is 2.23. The van der Waals surface area contributed by atoms with Gasteiger partial charge in [-0.3, -0.25) is 0 Å². The quantitative estimate of drug-likeness (QED) is 0.836. The Morgan fingerprint density at radius 1 is 1.00 bits per heavy atom. The van der Waals surface area contributed by atoms with E-state index in [1.165, 1.54) is 11.1 Å². The highest BCUT2D eigenvalue weighted by atomic mass is 16.5. The van der Waals surface area contributed by atoms with Gasteiger partial charge in [0.1, 0.15) is 11.9 Å². The van der Waals surface area contributed by atoms with Gasteiger partial charge in [-0.1, -0.05) is 48.0 Å². The average molecular weight is 253 g/mol. The van der Waals surface area contributed by atoms with Crippen LogP contribution in [-0.4, -0.2) is 0 Å². The summed E-state index contributed by atoms with van der Waals surface area (Å²) < 4.78 is 6.17. The Kier molecular flexibility index (Phi) is 3.26. The Morgan fingerprint density at radius 2 is 1.74 bits per heavy atom. The van der Waals surface area contributed by atoms with Gasteiger partial charge >= 0.3 is 0 Å². The van der Waals surface area contributed by atoms with Crippen molar-refractivity contribution in [1.29, 1.82) is 0 Å². The number of fused-ring (bicyclic) bond motifs is 1. The summed E-state index contributed by atoms with van der Waals surface area (Å²) in [6.07, 6.45) is 2.02. The van der Waals surface area contributed by atoms with Gasteiger partial charge in [0.2, 0.25) is 0 Å². The lowest BCUT2D eigenvalue weighted by Gasteiger charge is -2.17. The van der Waals surface area contributed by atoms with Crippen LogP contribution in [0.15, 0.2) is 48.5 Å². The number of hydrogen-bond donors (Lipinski definition) is 1. The Hall–Kier alpha value is -1.80. The van der Waals surface area contributed by atoms with Crippen LogP contribution >= 0.6 is 0 Å². The first-order valence-corrected chi connectivity index (χ1v) is 6.82. The van der Waals surface area contributed by atoms with Crippen molar-refractivity contribution in [1.82, 2.24) is 0 Å². The molecule has 0 saturated heterocycles. The lowest BCUT2D eigenvalue weighted by Crippen LogP contribution is -2.09. The van der Waals surface area contributed by atoms with Gasteiger partial charge in [0.05, 0.1) is 0 Å². The molecule has 3 rings (SSSR count). The molecule has 0 aromatic heterocycles. The van der Waals surface area contributed by atoms with Crippen LogP contribution in [0.2, 0.25) is 0 Å². The van der Waals surface area contributed by atoms with Crippen LogP contribution in [0.5, 0.6) is 5.75 Å². The minimum Gasteiger partial charge on any atom is -0.485 e. The number of aryl methyl sites for hydroxylation is 1. The largest absolute Gasteiger partial charge is 0.485 e. The molecular formula is C17H19NO. The van der Waals surface area contributed by atoms with E-state index < -0.39 is 0 Å². The van der Waals surface area contributed by atoms with Crippen molar-refractivity contribution in [2.45, 2.75) is 31.9 Å². The lowest BCUT2D eigenvalue weighted by molar-refractivity contribution is 0.199. The standard InChI is InChI=1S/C17H19NO/c1-12-6-8-13(9-7-12)16-11-10-15(18)14-4-2-3-5-17(14)19-16/h2-9,15-16H,10-11,18H2,1H3. The van der Waals surface area contributed by atoms with Gasteiger partial charge in [-0.2, -0.15) is 0 Å². The Morgan fingerprint density at radius 3 is 2.53 bits per heavy atom. The van der Waals surface area contributed by atoms with Crippen LogP contribution < -0.4 is 10.5 Å². The number of rotatable bonds is 1. The zero-order valence-electron chi connectivity index (χ0n) is 11.2. The summed E-state index contributed by atoms with van der Waals surface area (Å²) in [5.74, 6) is 0.929. The van der Waals surface area contributed by atoms with Crippen molar-refractivity contribution in [3.63, 3.8) is 0 Å². The minimum atomic E-state index is 0.0756. The molecule has 1 aliphatic rings. The third-order valence-corrected chi connectivity index (χ3v) is 3.78. The monoisotopic (exact) mass is 253 g/mol. The first-order chi connectivity index (χ1) is 9.24. The first-order valence-electron chi connectivity index (χ1n) is 6.82. The second kappa shape index (κ2) is 5.06. The zero-order chi connectivity index (χ0) is 13.2. The van der Waals surface area contributed by atoms with Gasteiger partial charge in [-0.25, -0.2) is 0 Å². The highest BCUT2D eigenvalue weighted by molar-refractivity contribution is 5.37. The van der Waals surface area contributed by atoms with Crippen molar-refractivity contribution in [3.05, 3.63) is 65.2 Å². The van der Waals surface area contributed by atoms with Crippen LogP contribution in [0, 0.1) is 6.92 Å². The van der Waals surface area contributed by atoms with Gasteiger partial charge in [0, 0.05) is 11.6 Å². The van der Waals surface area contributed by atoms with Crippen LogP contribution in [0.25, 0.3) is 0 Å². The van der Waals surface area contributed by atoms with Gasteiger partial charge in [0.25, 0.3) is 0 Å². The van der Waals surface area contributed by atoms with E-state index in [-0.39, 0.29) is 12.1 Å². The summed E-state index contributed by atoms with van der Waals surface area (Å²) in [5.41, 5.74) is 9.86. The van der Waals surface area contributed by atoms with Crippen molar-refractivity contribution >= 4 is 0 Å². The molecule has 2 atom stereocenters. The molecule has 0 spiro atoms. The third kappa shape index (κ3) is 2.49. The molecule has 2 heteroatoms. The van der Waals surface area contributed by atoms with Gasteiger partial charge in [0.15, 0.2) is 0 Å². The topological polar surface area (TPSA) is 35.2 Å². The van der Waals surface area contributed by atoms with Crippen LogP contribution in [0.3, 0.4) is 0 Å². The predicted molar refractivity (Wildman–Crippen MR) is 77.2 cm³/mol. The van der Waals surface area contributed by atoms with E-state index in [1.54, 1.807) is 0 Å². The van der Waals surface area contributed by atoms with Gasteiger partial charge in [-0.15, -0.1) is 0 Å². The maximum atomic E-state index is 6.23. The van der Waals surface area contributed by atoms with Gasteiger partial charge < -0.3 is 10.5 Å². The lowest BCUT2D eigenvalue weighted by atomic mass is 9.99. The Bertz CT molecular complexity index is 562. The van der Waals surface area contributed by atoms with Crippen LogP contribution in [0.1, 0.15) is 41.7 Å². The van der Waals surface area contributed by atoms with Gasteiger partial charge in [-0.05, 0) is 31.4 Å². The molecule has 0 amide bonds. The molecule has 2 unspecified atom stereocenters. The summed E-state index contributed by atoms with van der Waals surface area (Å²) >= 11 is 0. The normalized spacial score (nSPS) is 22.2. The molecule has 98 valence electrons. The molecule has 0 fully saturated rings. The van der Waals surface area contributed by atoms with E-state index in [9.17, 15) is 0 Å². The number of para-hydroxylation sites is 1. The van der Waals surface area contributed by atoms with Crippen molar-refractivity contribution in [2.75, 3.05) is 0 Å². The summed E-state index contributed by atoms with van der Waals surface area (Å²) in [6.45, 7) is 2.10. The third-order valence-electron chi connectivity index (χ3n) is 3.78. The minimum absolute atomic E-state index is 0.0756. The molecule has 0 radical (unpaired) electrons. The molecular weight excluding hydrogens is 234 g/mol. The Balaban J connectivity index is 1.92. The molecule has 2 N–H and O–H groups in total. The fourth-order valence-corrected chi connectivity index (χ4v) is 2.61. The van der Waals surface area contributed by atoms with E-state index in [0.29, 0.717) is 0 Å². The second-order valence-electron chi connectivity index (χ2n) is 5.24. The number of benzene rings is 2. The molecule has 0 bridgehead atoms. The SMILES string of the molecule is Cc1ccc(C2CCC(N)c3ccccc3O2)cc1. The molecule has 2 nitrogen and oxygen atoms in total. The van der Waals surface area contributed by atoms with E-state index in [4.69, 9.17) is 10.5 Å². The summed E-state index contributed by atoms with van der Waals surface area (Å²) in [4.78, 5) is 0. The predicted octanol–water partition coefficient (Wildman–Crippen LogP) is 3.91. The molecule has 2 aromatic carbocycles. The second-order valence-corrected chi connectivity index (χ2v) is 5.24. The maximum Gasteiger partial charge on any atom is 0.125 e. The number of nitrogens with two attached hydrogens (primary N) is 1. The van der Waals surface area contributed by atoms with Crippen LogP contribution in [0.4, 0.5) is 0 Å². The van der Waals surface area contributed by atoms with E-state index >= 15 is 0 Å². The van der Waals surface area contributed by atoms with E-state index in [0.717, 1.165) is 24.2 Å². The zero-order valence-corrected chi connectivity index (χ0v) is 11.2. The average Bonchev–Trinajstić information content (AvgIpc) is 2.60. The maximum absolute atomic E-state index is 6.23. The summed E-state index contributed by atoms with van der Waals surface area (Å²) in [6, 6.07) is 16.8.